The first kappa shape index (κ1) is 20.5. The van der Waals surface area contributed by atoms with Crippen LogP contribution in [0.3, 0.4) is 0 Å². The van der Waals surface area contributed by atoms with Gasteiger partial charge in [-0.3, -0.25) is 9.36 Å². The van der Waals surface area contributed by atoms with E-state index in [9.17, 15) is 4.79 Å². The van der Waals surface area contributed by atoms with E-state index in [2.05, 4.69) is 18.0 Å². The quantitative estimate of drug-likeness (QED) is 0.469. The maximum atomic E-state index is 12.2. The number of hydrogen-bond acceptors (Lipinski definition) is 6. The van der Waals surface area contributed by atoms with E-state index in [4.69, 9.17) is 14.9 Å². The van der Waals surface area contributed by atoms with Crippen LogP contribution in [-0.4, -0.2) is 38.2 Å². The van der Waals surface area contributed by atoms with Crippen LogP contribution < -0.4 is 4.87 Å². The number of thiazole rings is 1. The van der Waals surface area contributed by atoms with Crippen LogP contribution in [0.1, 0.15) is 36.1 Å². The Hall–Kier alpha value is -2.81. The monoisotopic (exact) mass is 424 g/mol. The van der Waals surface area contributed by atoms with Gasteiger partial charge in [-0.25, -0.2) is 9.67 Å². The van der Waals surface area contributed by atoms with Gasteiger partial charge in [0.1, 0.15) is 6.73 Å². The van der Waals surface area contributed by atoms with Crippen LogP contribution in [0, 0.1) is 0 Å². The van der Waals surface area contributed by atoms with Crippen LogP contribution in [-0.2, 0) is 17.9 Å². The van der Waals surface area contributed by atoms with Gasteiger partial charge in [0.15, 0.2) is 5.82 Å². The number of hydrogen-bond donors (Lipinski definition) is 1. The fourth-order valence-corrected chi connectivity index (χ4v) is 4.38. The number of ether oxygens (including phenoxy) is 1. The lowest BCUT2D eigenvalue weighted by Crippen LogP contribution is -2.13. The fraction of sp³-hybridized carbons (Fsp3) is 0.318. The second kappa shape index (κ2) is 8.91. The van der Waals surface area contributed by atoms with Crippen molar-refractivity contribution in [3.05, 3.63) is 75.3 Å². The summed E-state index contributed by atoms with van der Waals surface area (Å²) in [5, 5.41) is 13.7. The molecule has 156 valence electrons. The third-order valence-corrected chi connectivity index (χ3v) is 6.11. The largest absolute Gasteiger partial charge is 0.396 e. The van der Waals surface area contributed by atoms with Gasteiger partial charge >= 0.3 is 4.87 Å². The SMILES string of the molecule is COCn1c(=O)sc2cc(C(C)c3ccn(-c4ccc(CCCO)cn4)n3)ccc21. The summed E-state index contributed by atoms with van der Waals surface area (Å²) >= 11 is 1.23. The van der Waals surface area contributed by atoms with Crippen molar-refractivity contribution in [2.24, 2.45) is 0 Å². The minimum Gasteiger partial charge on any atom is -0.396 e. The van der Waals surface area contributed by atoms with Gasteiger partial charge in [0.25, 0.3) is 0 Å². The summed E-state index contributed by atoms with van der Waals surface area (Å²) in [4.78, 5) is 16.7. The minimum atomic E-state index is -0.0190. The molecule has 0 aliphatic carbocycles. The van der Waals surface area contributed by atoms with Crippen LogP contribution in [0.2, 0.25) is 0 Å². The molecule has 1 unspecified atom stereocenters. The topological polar surface area (TPSA) is 82.2 Å². The third kappa shape index (κ3) is 4.07. The van der Waals surface area contributed by atoms with Crippen molar-refractivity contribution in [2.75, 3.05) is 13.7 Å². The van der Waals surface area contributed by atoms with Gasteiger partial charge in [0.2, 0.25) is 0 Å². The van der Waals surface area contributed by atoms with E-state index in [1.165, 1.54) is 11.3 Å². The highest BCUT2D eigenvalue weighted by Crippen LogP contribution is 2.27. The maximum absolute atomic E-state index is 12.2. The van der Waals surface area contributed by atoms with Crippen LogP contribution in [0.15, 0.2) is 53.6 Å². The Morgan fingerprint density at radius 2 is 2.10 bits per heavy atom. The van der Waals surface area contributed by atoms with Crippen LogP contribution in [0.4, 0.5) is 0 Å². The lowest BCUT2D eigenvalue weighted by Gasteiger charge is -2.10. The van der Waals surface area contributed by atoms with E-state index in [1.807, 2.05) is 42.7 Å². The average Bonchev–Trinajstić information content (AvgIpc) is 3.37. The van der Waals surface area contributed by atoms with Gasteiger partial charge in [0.05, 0.1) is 15.9 Å². The van der Waals surface area contributed by atoms with Gasteiger partial charge < -0.3 is 9.84 Å². The molecule has 1 atom stereocenters. The fourth-order valence-electron chi connectivity index (χ4n) is 3.45. The predicted octanol–water partition coefficient (Wildman–Crippen LogP) is 3.32. The smallest absolute Gasteiger partial charge is 0.310 e. The molecule has 1 N–H and O–H groups in total. The number of fused-ring (bicyclic) bond motifs is 1. The van der Waals surface area contributed by atoms with E-state index in [0.717, 1.165) is 45.7 Å². The van der Waals surface area contributed by atoms with E-state index in [-0.39, 0.29) is 24.1 Å². The second-order valence-electron chi connectivity index (χ2n) is 7.20. The van der Waals surface area contributed by atoms with Gasteiger partial charge in [-0.2, -0.15) is 5.10 Å². The zero-order chi connectivity index (χ0) is 21.1. The Morgan fingerprint density at radius 3 is 2.83 bits per heavy atom. The number of rotatable bonds is 8. The molecule has 0 bridgehead atoms. The summed E-state index contributed by atoms with van der Waals surface area (Å²) in [5.41, 5.74) is 4.02. The van der Waals surface area contributed by atoms with Crippen LogP contribution in [0.5, 0.6) is 0 Å². The summed E-state index contributed by atoms with van der Waals surface area (Å²) in [6, 6.07) is 12.0. The highest BCUT2D eigenvalue weighted by atomic mass is 32.1. The number of aryl methyl sites for hydroxylation is 1. The van der Waals surface area contributed by atoms with Crippen LogP contribution >= 0.6 is 11.3 Å². The van der Waals surface area contributed by atoms with Crippen molar-refractivity contribution in [3.8, 4) is 5.82 Å². The second-order valence-corrected chi connectivity index (χ2v) is 8.19. The molecule has 30 heavy (non-hydrogen) atoms. The normalized spacial score (nSPS) is 12.5. The molecule has 0 spiro atoms. The van der Waals surface area contributed by atoms with E-state index in [0.29, 0.717) is 0 Å². The van der Waals surface area contributed by atoms with Crippen molar-refractivity contribution < 1.29 is 9.84 Å². The van der Waals surface area contributed by atoms with E-state index < -0.39 is 0 Å². The number of aromatic nitrogens is 4. The Balaban J connectivity index is 1.56. The molecule has 0 saturated heterocycles. The zero-order valence-electron chi connectivity index (χ0n) is 17.0. The third-order valence-electron chi connectivity index (χ3n) is 5.17. The lowest BCUT2D eigenvalue weighted by atomic mass is 9.98. The Kier molecular flexibility index (Phi) is 6.08. The maximum Gasteiger partial charge on any atom is 0.310 e. The Bertz CT molecular complexity index is 1190. The summed E-state index contributed by atoms with van der Waals surface area (Å²) in [5.74, 6) is 0.832. The molecule has 4 rings (SSSR count). The van der Waals surface area contributed by atoms with Crippen LogP contribution in [0.25, 0.3) is 16.0 Å². The number of aliphatic hydroxyl groups is 1. The molecule has 0 aliphatic heterocycles. The summed E-state index contributed by atoms with van der Waals surface area (Å²) in [6.45, 7) is 2.54. The average molecular weight is 425 g/mol. The molecule has 4 aromatic rings. The van der Waals surface area contributed by atoms with E-state index in [1.54, 1.807) is 16.4 Å². The van der Waals surface area contributed by atoms with Gasteiger partial charge in [-0.15, -0.1) is 0 Å². The van der Waals surface area contributed by atoms with Gasteiger partial charge in [-0.1, -0.05) is 30.4 Å². The molecule has 8 heteroatoms. The number of nitrogens with zero attached hydrogens (tertiary/aromatic N) is 4. The molecule has 3 heterocycles. The molecule has 1 aromatic carbocycles. The number of aliphatic hydroxyl groups excluding tert-OH is 1. The highest BCUT2D eigenvalue weighted by molar-refractivity contribution is 7.16. The summed E-state index contributed by atoms with van der Waals surface area (Å²) < 4.78 is 9.49. The molecule has 0 aliphatic rings. The molecule has 0 fully saturated rings. The Morgan fingerprint density at radius 1 is 1.23 bits per heavy atom. The first-order valence-corrected chi connectivity index (χ1v) is 10.7. The molecule has 7 nitrogen and oxygen atoms in total. The van der Waals surface area contributed by atoms with Crippen molar-refractivity contribution in [2.45, 2.75) is 32.4 Å². The molecule has 0 radical (unpaired) electrons. The van der Waals surface area contributed by atoms with Crippen molar-refractivity contribution in [3.63, 3.8) is 0 Å². The summed E-state index contributed by atoms with van der Waals surface area (Å²) in [7, 11) is 1.58. The number of methoxy groups -OCH3 is 1. The molecule has 3 aromatic heterocycles. The number of benzene rings is 1. The molecule has 0 amide bonds. The highest BCUT2D eigenvalue weighted by Gasteiger charge is 2.15. The van der Waals surface area contributed by atoms with Gasteiger partial charge in [-0.05, 0) is 48.2 Å². The van der Waals surface area contributed by atoms with Crippen molar-refractivity contribution in [1.29, 1.82) is 0 Å². The van der Waals surface area contributed by atoms with Crippen molar-refractivity contribution in [1.82, 2.24) is 19.3 Å². The van der Waals surface area contributed by atoms with Crippen molar-refractivity contribution >= 4 is 21.6 Å². The standard InChI is InChI=1S/C22H24N4O3S/c1-15(17-6-7-19-20(12-17)30-22(28)25(19)14-29-2)18-9-10-26(24-18)21-8-5-16(13-23-21)4-3-11-27/h5-10,12-13,15,27H,3-4,11,14H2,1-2H3. The zero-order valence-corrected chi connectivity index (χ0v) is 17.8. The Labute approximate surface area is 178 Å². The number of pyridine rings is 1. The first-order valence-electron chi connectivity index (χ1n) is 9.84. The van der Waals surface area contributed by atoms with E-state index >= 15 is 0 Å². The summed E-state index contributed by atoms with van der Waals surface area (Å²) in [6.07, 6.45) is 5.29. The lowest BCUT2D eigenvalue weighted by molar-refractivity contribution is 0.133. The molecule has 0 saturated carbocycles. The molecular formula is C22H24N4O3S. The predicted molar refractivity (Wildman–Crippen MR) is 117 cm³/mol. The molecular weight excluding hydrogens is 400 g/mol. The first-order chi connectivity index (χ1) is 14.6. The minimum absolute atomic E-state index is 0.0190. The van der Waals surface area contributed by atoms with Gasteiger partial charge in [0, 0.05) is 32.0 Å².